The molecule has 6 N–H and O–H groups in total. The number of hydrogen-bond acceptors (Lipinski definition) is 12. The fourth-order valence-corrected chi connectivity index (χ4v) is 8.89. The highest BCUT2D eigenvalue weighted by Crippen LogP contribution is 2.37. The minimum absolute atomic E-state index is 0.00496. The molecule has 304 valence electrons. The predicted molar refractivity (Wildman–Crippen MR) is 208 cm³/mol. The summed E-state index contributed by atoms with van der Waals surface area (Å²) in [7, 11) is 1.93. The first-order chi connectivity index (χ1) is 27.4. The monoisotopic (exact) mass is 823 g/mol. The number of carbonyl (C=O) groups excluding carboxylic acids is 5. The molecular formula is C37H46ClN11O7S. The molecule has 20 heteroatoms. The van der Waals surface area contributed by atoms with Crippen molar-refractivity contribution in [1.82, 2.24) is 50.8 Å². The van der Waals surface area contributed by atoms with Gasteiger partial charge in [-0.15, -0.1) is 11.3 Å². The molecule has 2 aliphatic carbocycles. The van der Waals surface area contributed by atoms with Crippen molar-refractivity contribution in [2.45, 2.75) is 89.0 Å². The summed E-state index contributed by atoms with van der Waals surface area (Å²) in [5.41, 5.74) is 3.42. The minimum atomic E-state index is -1.16. The lowest BCUT2D eigenvalue weighted by molar-refractivity contribution is -0.137. The smallest absolute Gasteiger partial charge is 0.408 e. The van der Waals surface area contributed by atoms with Crippen LogP contribution < -0.4 is 26.6 Å². The maximum absolute atomic E-state index is 12.9. The zero-order valence-electron chi connectivity index (χ0n) is 31.5. The third-order valence-corrected chi connectivity index (χ3v) is 12.3. The number of nitrogens with one attached hydrogen (secondary N) is 5. The average Bonchev–Trinajstić information content (AvgIpc) is 3.70. The average molecular weight is 824 g/mol. The quantitative estimate of drug-likeness (QED) is 0.0901. The van der Waals surface area contributed by atoms with Crippen LogP contribution >= 0.6 is 22.9 Å². The first kappa shape index (κ1) is 40.1. The number of hydrogen-bond donors (Lipinski definition) is 6. The van der Waals surface area contributed by atoms with Gasteiger partial charge < -0.3 is 31.3 Å². The molecule has 0 radical (unpaired) electrons. The summed E-state index contributed by atoms with van der Waals surface area (Å²) in [5, 5.41) is 29.0. The minimum Gasteiger partial charge on any atom is -0.465 e. The number of fused-ring (bicyclic) bond motifs is 1. The van der Waals surface area contributed by atoms with Crippen LogP contribution in [-0.4, -0.2) is 115 Å². The van der Waals surface area contributed by atoms with E-state index in [2.05, 4.69) is 36.7 Å². The van der Waals surface area contributed by atoms with Gasteiger partial charge in [0, 0.05) is 61.3 Å². The Morgan fingerprint density at radius 3 is 2.54 bits per heavy atom. The van der Waals surface area contributed by atoms with Crippen LogP contribution in [-0.2, 0) is 45.7 Å². The Kier molecular flexibility index (Phi) is 12.3. The zero-order valence-corrected chi connectivity index (χ0v) is 33.1. The Morgan fingerprint density at radius 2 is 1.82 bits per heavy atom. The van der Waals surface area contributed by atoms with E-state index in [1.165, 1.54) is 34.0 Å². The van der Waals surface area contributed by atoms with Crippen molar-refractivity contribution < 1.29 is 33.9 Å². The van der Waals surface area contributed by atoms with Crippen molar-refractivity contribution in [3.63, 3.8) is 0 Å². The normalized spacial score (nSPS) is 20.6. The Morgan fingerprint density at radius 1 is 1.04 bits per heavy atom. The summed E-state index contributed by atoms with van der Waals surface area (Å²) >= 11 is 7.80. The van der Waals surface area contributed by atoms with E-state index < -0.39 is 23.9 Å². The number of piperidine rings is 1. The zero-order chi connectivity index (χ0) is 40.2. The van der Waals surface area contributed by atoms with Gasteiger partial charge >= 0.3 is 6.09 Å². The topological polar surface area (TPSA) is 233 Å². The van der Waals surface area contributed by atoms with E-state index in [1.54, 1.807) is 12.4 Å². The summed E-state index contributed by atoms with van der Waals surface area (Å²) in [6, 6.07) is 0.878. The molecular weight excluding hydrogens is 778 g/mol. The van der Waals surface area contributed by atoms with Gasteiger partial charge in [0.25, 0.3) is 5.91 Å². The van der Waals surface area contributed by atoms with Gasteiger partial charge in [-0.25, -0.2) is 14.8 Å². The second-order valence-electron chi connectivity index (χ2n) is 15.0. The number of thiophene rings is 1. The Labute approximate surface area is 337 Å². The molecule has 0 bridgehead atoms. The maximum atomic E-state index is 12.9. The molecule has 3 aromatic heterocycles. The number of anilines is 1. The number of amides is 6. The van der Waals surface area contributed by atoms with Gasteiger partial charge in [0.1, 0.15) is 12.6 Å². The Hall–Kier alpha value is -5.14. The number of nitrogens with zero attached hydrogens (tertiary/aromatic N) is 6. The van der Waals surface area contributed by atoms with Crippen molar-refractivity contribution in [3.05, 3.63) is 44.5 Å². The van der Waals surface area contributed by atoms with Gasteiger partial charge in [-0.1, -0.05) is 11.6 Å². The fraction of sp³-hybridized carbons (Fsp3) is 0.541. The lowest BCUT2D eigenvalue weighted by atomic mass is 9.90. The van der Waals surface area contributed by atoms with Crippen molar-refractivity contribution in [1.29, 1.82) is 0 Å². The van der Waals surface area contributed by atoms with E-state index in [4.69, 9.17) is 16.6 Å². The largest absolute Gasteiger partial charge is 0.465 e. The number of halogens is 1. The molecule has 3 fully saturated rings. The standard InChI is InChI=1S/C37H46ClN11O7S/c1-47-28(12-20-2-3-20)25(15-43-47)32-26(38)16-42-36(46-32)44-22-4-6-23(7-5-22)48(37(55)56)19-31(52)40-11-10-39-17-30(51)41-14-24-13-21-18-49(35(54)33(21)57-24)27-8-9-29(50)45-34(27)53/h13,15-16,20,22-23,27,39H,2-12,14,17-19H2,1H3,(H,40,52)(H,41,51)(H,55,56)(H,42,44,46)(H,45,50,53). The van der Waals surface area contributed by atoms with E-state index in [-0.39, 0.29) is 75.5 Å². The Bertz CT molecular complexity index is 2040. The van der Waals surface area contributed by atoms with Crippen LogP contribution in [0.1, 0.15) is 77.2 Å². The van der Waals surface area contributed by atoms with Crippen LogP contribution in [0.2, 0.25) is 5.02 Å². The fourth-order valence-electron chi connectivity index (χ4n) is 7.63. The molecule has 2 saturated carbocycles. The highest BCUT2D eigenvalue weighted by Gasteiger charge is 2.40. The van der Waals surface area contributed by atoms with E-state index in [0.717, 1.165) is 28.1 Å². The first-order valence-corrected chi connectivity index (χ1v) is 20.4. The summed E-state index contributed by atoms with van der Waals surface area (Å²) in [6.45, 7) is 0.691. The molecule has 4 aliphatic rings. The van der Waals surface area contributed by atoms with Gasteiger partial charge in [0.15, 0.2) is 0 Å². The number of carboxylic acid groups (broad SMARTS) is 1. The van der Waals surface area contributed by atoms with E-state index >= 15 is 0 Å². The highest BCUT2D eigenvalue weighted by atomic mass is 35.5. The third-order valence-electron chi connectivity index (χ3n) is 10.9. The summed E-state index contributed by atoms with van der Waals surface area (Å²) in [4.78, 5) is 87.1. The third kappa shape index (κ3) is 9.70. The van der Waals surface area contributed by atoms with Crippen LogP contribution in [0.25, 0.3) is 11.3 Å². The molecule has 2 aliphatic heterocycles. The van der Waals surface area contributed by atoms with Crippen LogP contribution in [0.4, 0.5) is 10.7 Å². The number of carbonyl (C=O) groups is 6. The van der Waals surface area contributed by atoms with Crippen molar-refractivity contribution in [3.8, 4) is 11.3 Å². The molecule has 1 saturated heterocycles. The van der Waals surface area contributed by atoms with Gasteiger partial charge in [-0.05, 0) is 68.9 Å². The van der Waals surface area contributed by atoms with E-state index in [0.29, 0.717) is 59.6 Å². The summed E-state index contributed by atoms with van der Waals surface area (Å²) in [5.74, 6) is -0.641. The second kappa shape index (κ2) is 17.6. The lowest BCUT2D eigenvalue weighted by Gasteiger charge is -2.35. The first-order valence-electron chi connectivity index (χ1n) is 19.2. The van der Waals surface area contributed by atoms with Crippen LogP contribution in [0.3, 0.4) is 0 Å². The second-order valence-corrected chi connectivity index (χ2v) is 16.5. The molecule has 7 rings (SSSR count). The molecule has 1 unspecified atom stereocenters. The number of imide groups is 1. The predicted octanol–water partition coefficient (Wildman–Crippen LogP) is 2.03. The van der Waals surface area contributed by atoms with Crippen LogP contribution in [0.5, 0.6) is 0 Å². The van der Waals surface area contributed by atoms with Crippen molar-refractivity contribution >= 4 is 64.5 Å². The van der Waals surface area contributed by atoms with Crippen LogP contribution in [0.15, 0.2) is 18.5 Å². The molecule has 5 heterocycles. The molecule has 18 nitrogen and oxygen atoms in total. The number of aryl methyl sites for hydroxylation is 1. The molecule has 0 aromatic carbocycles. The molecule has 1 atom stereocenters. The van der Waals surface area contributed by atoms with E-state index in [9.17, 15) is 33.9 Å². The summed E-state index contributed by atoms with van der Waals surface area (Å²) in [6.07, 6.45) is 8.53. The molecule has 6 amide bonds. The number of rotatable bonds is 16. The van der Waals surface area contributed by atoms with E-state index in [1.807, 2.05) is 17.8 Å². The van der Waals surface area contributed by atoms with Crippen LogP contribution in [0, 0.1) is 5.92 Å². The Balaban J connectivity index is 0.789. The van der Waals surface area contributed by atoms with Gasteiger partial charge in [0.2, 0.25) is 29.6 Å². The molecule has 57 heavy (non-hydrogen) atoms. The molecule has 0 spiro atoms. The SMILES string of the molecule is Cn1ncc(-c2nc(NC3CCC(N(CC(=O)NCCNCC(=O)NCc4cc5c(s4)C(=O)N(C4CCC(=O)NC4=O)C5)C(=O)O)CC3)ncc2Cl)c1CC1CC1. The van der Waals surface area contributed by atoms with Gasteiger partial charge in [0.05, 0.1) is 41.1 Å². The summed E-state index contributed by atoms with van der Waals surface area (Å²) < 4.78 is 1.88. The van der Waals surface area contributed by atoms with Gasteiger partial charge in [-0.2, -0.15) is 5.10 Å². The van der Waals surface area contributed by atoms with Gasteiger partial charge in [-0.3, -0.25) is 38.9 Å². The lowest BCUT2D eigenvalue weighted by Crippen LogP contribution is -2.52. The van der Waals surface area contributed by atoms with Crippen molar-refractivity contribution in [2.24, 2.45) is 13.0 Å². The number of aromatic nitrogens is 4. The van der Waals surface area contributed by atoms with Crippen molar-refractivity contribution in [2.75, 3.05) is 31.5 Å². The maximum Gasteiger partial charge on any atom is 0.408 e. The highest BCUT2D eigenvalue weighted by molar-refractivity contribution is 7.14. The molecule has 3 aromatic rings.